The van der Waals surface area contributed by atoms with Crippen molar-refractivity contribution in [3.63, 3.8) is 0 Å². The molecule has 0 heterocycles. The maximum Gasteiger partial charge on any atom is 0.213 e. The Morgan fingerprint density at radius 3 is 2.24 bits per heavy atom. The number of hydrogen-bond donors (Lipinski definition) is 0. The molecule has 0 unspecified atom stereocenters. The molecule has 96 valence electrons. The number of rotatable bonds is 5. The van der Waals surface area contributed by atoms with E-state index in [-0.39, 0.29) is 11.8 Å². The molecule has 0 bridgehead atoms. The zero-order chi connectivity index (χ0) is 13.1. The lowest BCUT2D eigenvalue weighted by Gasteiger charge is -2.23. The van der Waals surface area contributed by atoms with Crippen LogP contribution in [0.4, 0.5) is 0 Å². The third-order valence-electron chi connectivity index (χ3n) is 3.08. The van der Waals surface area contributed by atoms with Crippen LogP contribution in [-0.2, 0) is 16.4 Å². The van der Waals surface area contributed by atoms with Crippen molar-refractivity contribution in [3.05, 3.63) is 35.4 Å². The third kappa shape index (κ3) is 3.82. The van der Waals surface area contributed by atoms with Crippen molar-refractivity contribution in [2.45, 2.75) is 33.2 Å². The van der Waals surface area contributed by atoms with Crippen LogP contribution in [0.15, 0.2) is 24.3 Å². The minimum atomic E-state index is -3.09. The fraction of sp³-hybridized carbons (Fsp3) is 0.538. The van der Waals surface area contributed by atoms with Gasteiger partial charge in [0.15, 0.2) is 0 Å². The standard InChI is InChI=1S/C13H21NO2S/c1-5-17(15,16)14(4)12(3)10-13-8-6-11(2)7-9-13/h6-9,12H,5,10H2,1-4H3/t12-/m1/s1. The summed E-state index contributed by atoms with van der Waals surface area (Å²) >= 11 is 0. The van der Waals surface area contributed by atoms with Gasteiger partial charge in [0.25, 0.3) is 0 Å². The predicted octanol–water partition coefficient (Wildman–Crippen LogP) is 2.21. The molecule has 0 aliphatic rings. The number of aryl methyl sites for hydroxylation is 1. The van der Waals surface area contributed by atoms with Crippen molar-refractivity contribution in [1.82, 2.24) is 4.31 Å². The van der Waals surface area contributed by atoms with Gasteiger partial charge in [-0.05, 0) is 32.8 Å². The Hall–Kier alpha value is -0.870. The van der Waals surface area contributed by atoms with Gasteiger partial charge in [0.1, 0.15) is 0 Å². The second-order valence-electron chi connectivity index (χ2n) is 4.46. The van der Waals surface area contributed by atoms with E-state index in [1.807, 2.05) is 13.8 Å². The van der Waals surface area contributed by atoms with Crippen LogP contribution >= 0.6 is 0 Å². The molecule has 1 rings (SSSR count). The van der Waals surface area contributed by atoms with Gasteiger partial charge in [-0.2, -0.15) is 0 Å². The van der Waals surface area contributed by atoms with E-state index in [1.54, 1.807) is 14.0 Å². The van der Waals surface area contributed by atoms with E-state index in [4.69, 9.17) is 0 Å². The smallest absolute Gasteiger partial charge is 0.212 e. The van der Waals surface area contributed by atoms with Crippen LogP contribution in [0.5, 0.6) is 0 Å². The van der Waals surface area contributed by atoms with Gasteiger partial charge < -0.3 is 0 Å². The van der Waals surface area contributed by atoms with E-state index >= 15 is 0 Å². The maximum absolute atomic E-state index is 11.7. The zero-order valence-electron chi connectivity index (χ0n) is 11.0. The molecule has 1 atom stereocenters. The lowest BCUT2D eigenvalue weighted by Crippen LogP contribution is -2.37. The maximum atomic E-state index is 11.7. The van der Waals surface area contributed by atoms with E-state index in [0.717, 1.165) is 6.42 Å². The van der Waals surface area contributed by atoms with Crippen molar-refractivity contribution in [2.24, 2.45) is 0 Å². The normalized spacial score (nSPS) is 13.9. The average Bonchev–Trinajstić information content (AvgIpc) is 2.31. The monoisotopic (exact) mass is 255 g/mol. The highest BCUT2D eigenvalue weighted by Gasteiger charge is 2.21. The van der Waals surface area contributed by atoms with Crippen molar-refractivity contribution in [2.75, 3.05) is 12.8 Å². The summed E-state index contributed by atoms with van der Waals surface area (Å²) in [6.45, 7) is 5.65. The van der Waals surface area contributed by atoms with Crippen LogP contribution < -0.4 is 0 Å². The van der Waals surface area contributed by atoms with E-state index < -0.39 is 10.0 Å². The topological polar surface area (TPSA) is 37.4 Å². The van der Waals surface area contributed by atoms with Crippen molar-refractivity contribution < 1.29 is 8.42 Å². The molecular formula is C13H21NO2S. The Kier molecular flexibility index (Phi) is 4.71. The van der Waals surface area contributed by atoms with Gasteiger partial charge in [-0.3, -0.25) is 0 Å². The van der Waals surface area contributed by atoms with Gasteiger partial charge in [0.2, 0.25) is 10.0 Å². The molecule has 0 N–H and O–H groups in total. The van der Waals surface area contributed by atoms with Crippen LogP contribution in [0.2, 0.25) is 0 Å². The summed E-state index contributed by atoms with van der Waals surface area (Å²) in [7, 11) is -1.44. The SMILES string of the molecule is CCS(=O)(=O)N(C)[C@H](C)Cc1ccc(C)cc1. The van der Waals surface area contributed by atoms with E-state index in [2.05, 4.69) is 24.3 Å². The fourth-order valence-electron chi connectivity index (χ4n) is 1.67. The highest BCUT2D eigenvalue weighted by atomic mass is 32.2. The number of nitrogens with zero attached hydrogens (tertiary/aromatic N) is 1. The van der Waals surface area contributed by atoms with Crippen LogP contribution in [0.25, 0.3) is 0 Å². The van der Waals surface area contributed by atoms with E-state index in [1.165, 1.54) is 15.4 Å². The molecule has 0 fully saturated rings. The minimum absolute atomic E-state index is 0.0114. The van der Waals surface area contributed by atoms with Gasteiger partial charge >= 0.3 is 0 Å². The molecule has 0 amide bonds. The Bertz CT molecular complexity index is 451. The fourth-order valence-corrected chi connectivity index (χ4v) is 2.70. The van der Waals surface area contributed by atoms with E-state index in [0.29, 0.717) is 0 Å². The molecule has 0 aliphatic carbocycles. The molecule has 17 heavy (non-hydrogen) atoms. The van der Waals surface area contributed by atoms with E-state index in [9.17, 15) is 8.42 Å². The second kappa shape index (κ2) is 5.65. The average molecular weight is 255 g/mol. The molecule has 4 heteroatoms. The third-order valence-corrected chi connectivity index (χ3v) is 5.04. The molecule has 0 aromatic heterocycles. The Balaban J connectivity index is 2.73. The quantitative estimate of drug-likeness (QED) is 0.809. The minimum Gasteiger partial charge on any atom is -0.212 e. The van der Waals surface area contributed by atoms with Crippen molar-refractivity contribution in [3.8, 4) is 0 Å². The number of benzene rings is 1. The number of likely N-dealkylation sites (N-methyl/N-ethyl adjacent to an activating group) is 1. The van der Waals surface area contributed by atoms with Crippen molar-refractivity contribution >= 4 is 10.0 Å². The van der Waals surface area contributed by atoms with Gasteiger partial charge in [0, 0.05) is 13.1 Å². The molecular weight excluding hydrogens is 234 g/mol. The van der Waals surface area contributed by atoms with Crippen LogP contribution in [0.3, 0.4) is 0 Å². The molecule has 0 radical (unpaired) electrons. The molecule has 0 saturated heterocycles. The first kappa shape index (κ1) is 14.2. The molecule has 0 saturated carbocycles. The lowest BCUT2D eigenvalue weighted by atomic mass is 10.1. The first-order valence-corrected chi connectivity index (χ1v) is 7.49. The Labute approximate surface area is 105 Å². The second-order valence-corrected chi connectivity index (χ2v) is 6.77. The van der Waals surface area contributed by atoms with Crippen LogP contribution in [-0.4, -0.2) is 31.6 Å². The van der Waals surface area contributed by atoms with Gasteiger partial charge in [-0.15, -0.1) is 0 Å². The summed E-state index contributed by atoms with van der Waals surface area (Å²) in [5.41, 5.74) is 2.39. The summed E-state index contributed by atoms with van der Waals surface area (Å²) in [6, 6.07) is 8.20. The summed E-state index contributed by atoms with van der Waals surface area (Å²) in [4.78, 5) is 0. The summed E-state index contributed by atoms with van der Waals surface area (Å²) in [6.07, 6.45) is 0.746. The Morgan fingerprint density at radius 2 is 1.76 bits per heavy atom. The van der Waals surface area contributed by atoms with Gasteiger partial charge in [-0.1, -0.05) is 29.8 Å². The summed E-state index contributed by atoms with van der Waals surface area (Å²) < 4.78 is 24.9. The number of hydrogen-bond acceptors (Lipinski definition) is 2. The van der Waals surface area contributed by atoms with Gasteiger partial charge in [0.05, 0.1) is 5.75 Å². The predicted molar refractivity (Wildman–Crippen MR) is 71.6 cm³/mol. The summed E-state index contributed by atoms with van der Waals surface area (Å²) in [5, 5.41) is 0. The molecule has 3 nitrogen and oxygen atoms in total. The van der Waals surface area contributed by atoms with Gasteiger partial charge in [-0.25, -0.2) is 12.7 Å². The largest absolute Gasteiger partial charge is 0.213 e. The zero-order valence-corrected chi connectivity index (χ0v) is 11.8. The number of sulfonamides is 1. The highest BCUT2D eigenvalue weighted by molar-refractivity contribution is 7.89. The summed E-state index contributed by atoms with van der Waals surface area (Å²) in [5.74, 6) is 0.155. The van der Waals surface area contributed by atoms with Crippen LogP contribution in [0, 0.1) is 6.92 Å². The van der Waals surface area contributed by atoms with Crippen molar-refractivity contribution in [1.29, 1.82) is 0 Å². The molecule has 1 aromatic rings. The molecule has 0 spiro atoms. The highest BCUT2D eigenvalue weighted by Crippen LogP contribution is 2.12. The molecule has 0 aliphatic heterocycles. The first-order valence-electron chi connectivity index (χ1n) is 5.88. The first-order chi connectivity index (χ1) is 7.86. The van der Waals surface area contributed by atoms with Crippen LogP contribution in [0.1, 0.15) is 25.0 Å². The Morgan fingerprint density at radius 1 is 1.24 bits per heavy atom. The lowest BCUT2D eigenvalue weighted by molar-refractivity contribution is 0.387. The molecule has 1 aromatic carbocycles.